The Hall–Kier alpha value is -2.14. The van der Waals surface area contributed by atoms with Gasteiger partial charge in [0.2, 0.25) is 0 Å². The van der Waals surface area contributed by atoms with Crippen LogP contribution < -0.4 is 10.6 Å². The standard InChI is InChI=1S/C15H20N4O/c1-10-14(16-3)17-11(2)18-15(10)19-13(9-20)12-7-5-4-6-8-12/h4-8,13,20H,9H2,1-3H3,(H2,16,17,18,19). The summed E-state index contributed by atoms with van der Waals surface area (Å²) < 4.78 is 0. The predicted molar refractivity (Wildman–Crippen MR) is 80.9 cm³/mol. The van der Waals surface area contributed by atoms with Gasteiger partial charge in [-0.2, -0.15) is 0 Å². The molecule has 5 heteroatoms. The van der Waals surface area contributed by atoms with Gasteiger partial charge in [0.05, 0.1) is 12.6 Å². The summed E-state index contributed by atoms with van der Waals surface area (Å²) in [6, 6.07) is 9.64. The van der Waals surface area contributed by atoms with E-state index in [1.807, 2.05) is 51.2 Å². The van der Waals surface area contributed by atoms with Crippen molar-refractivity contribution in [3.63, 3.8) is 0 Å². The second kappa shape index (κ2) is 6.34. The van der Waals surface area contributed by atoms with Crippen LogP contribution in [-0.2, 0) is 0 Å². The van der Waals surface area contributed by atoms with Crippen molar-refractivity contribution >= 4 is 11.6 Å². The summed E-state index contributed by atoms with van der Waals surface area (Å²) in [4.78, 5) is 8.75. The topological polar surface area (TPSA) is 70.1 Å². The fourth-order valence-corrected chi connectivity index (χ4v) is 2.10. The van der Waals surface area contributed by atoms with E-state index >= 15 is 0 Å². The third-order valence-electron chi connectivity index (χ3n) is 3.19. The van der Waals surface area contributed by atoms with Crippen molar-refractivity contribution in [1.82, 2.24) is 9.97 Å². The van der Waals surface area contributed by atoms with Crippen LogP contribution in [0.25, 0.3) is 0 Å². The smallest absolute Gasteiger partial charge is 0.135 e. The number of hydrogen-bond acceptors (Lipinski definition) is 5. The number of hydrogen-bond donors (Lipinski definition) is 3. The minimum Gasteiger partial charge on any atom is -0.394 e. The van der Waals surface area contributed by atoms with E-state index in [-0.39, 0.29) is 12.6 Å². The van der Waals surface area contributed by atoms with Crippen LogP contribution in [0.4, 0.5) is 11.6 Å². The Bertz CT molecular complexity index is 572. The highest BCUT2D eigenvalue weighted by Gasteiger charge is 2.14. The second-order valence-electron chi connectivity index (χ2n) is 4.63. The lowest BCUT2D eigenvalue weighted by Gasteiger charge is -2.20. The van der Waals surface area contributed by atoms with E-state index in [1.165, 1.54) is 0 Å². The largest absolute Gasteiger partial charge is 0.394 e. The molecular weight excluding hydrogens is 252 g/mol. The number of nitrogens with zero attached hydrogens (tertiary/aromatic N) is 2. The Morgan fingerprint density at radius 2 is 1.75 bits per heavy atom. The maximum atomic E-state index is 9.61. The Morgan fingerprint density at radius 1 is 1.10 bits per heavy atom. The Labute approximate surface area is 119 Å². The van der Waals surface area contributed by atoms with Gasteiger partial charge in [-0.05, 0) is 19.4 Å². The highest BCUT2D eigenvalue weighted by atomic mass is 16.3. The van der Waals surface area contributed by atoms with Crippen LogP contribution in [0.15, 0.2) is 30.3 Å². The first-order valence-electron chi connectivity index (χ1n) is 6.61. The average Bonchev–Trinajstić information content (AvgIpc) is 2.48. The lowest BCUT2D eigenvalue weighted by atomic mass is 10.1. The molecule has 2 aromatic rings. The fourth-order valence-electron chi connectivity index (χ4n) is 2.10. The van der Waals surface area contributed by atoms with E-state index in [0.29, 0.717) is 5.82 Å². The second-order valence-corrected chi connectivity index (χ2v) is 4.63. The minimum absolute atomic E-state index is 0.00138. The number of aromatic nitrogens is 2. The van der Waals surface area contributed by atoms with Gasteiger partial charge in [0, 0.05) is 12.6 Å². The zero-order chi connectivity index (χ0) is 14.5. The molecule has 0 saturated carbocycles. The summed E-state index contributed by atoms with van der Waals surface area (Å²) in [7, 11) is 1.83. The fraction of sp³-hybridized carbons (Fsp3) is 0.333. The summed E-state index contributed by atoms with van der Waals surface area (Å²) in [5.41, 5.74) is 1.96. The first-order valence-corrected chi connectivity index (χ1v) is 6.61. The van der Waals surface area contributed by atoms with Crippen molar-refractivity contribution < 1.29 is 5.11 Å². The molecule has 0 bridgehead atoms. The van der Waals surface area contributed by atoms with Gasteiger partial charge in [-0.1, -0.05) is 30.3 Å². The van der Waals surface area contributed by atoms with E-state index < -0.39 is 0 Å². The molecule has 5 nitrogen and oxygen atoms in total. The molecule has 1 atom stereocenters. The molecular formula is C15H20N4O. The molecule has 0 spiro atoms. The normalized spacial score (nSPS) is 12.0. The molecule has 1 unspecified atom stereocenters. The third kappa shape index (κ3) is 3.05. The average molecular weight is 272 g/mol. The van der Waals surface area contributed by atoms with Crippen LogP contribution in [0.3, 0.4) is 0 Å². The first kappa shape index (κ1) is 14.3. The Kier molecular flexibility index (Phi) is 4.53. The van der Waals surface area contributed by atoms with Crippen molar-refractivity contribution in [2.75, 3.05) is 24.3 Å². The van der Waals surface area contributed by atoms with Crippen molar-refractivity contribution in [3.8, 4) is 0 Å². The van der Waals surface area contributed by atoms with E-state index in [1.54, 1.807) is 0 Å². The zero-order valence-corrected chi connectivity index (χ0v) is 12.0. The molecule has 1 aromatic carbocycles. The van der Waals surface area contributed by atoms with Crippen molar-refractivity contribution in [2.24, 2.45) is 0 Å². The third-order valence-corrected chi connectivity index (χ3v) is 3.19. The maximum absolute atomic E-state index is 9.61. The number of aryl methyl sites for hydroxylation is 1. The van der Waals surface area contributed by atoms with E-state index in [4.69, 9.17) is 0 Å². The quantitative estimate of drug-likeness (QED) is 0.779. The highest BCUT2D eigenvalue weighted by molar-refractivity contribution is 5.57. The molecule has 0 amide bonds. The van der Waals surface area contributed by atoms with Gasteiger partial charge in [0.1, 0.15) is 17.5 Å². The first-order chi connectivity index (χ1) is 9.65. The molecule has 20 heavy (non-hydrogen) atoms. The van der Waals surface area contributed by atoms with E-state index in [2.05, 4.69) is 20.6 Å². The molecule has 0 aliphatic heterocycles. The zero-order valence-electron chi connectivity index (χ0n) is 12.0. The van der Waals surface area contributed by atoms with Crippen LogP contribution in [0.1, 0.15) is 23.0 Å². The number of benzene rings is 1. The lowest BCUT2D eigenvalue weighted by molar-refractivity contribution is 0.276. The van der Waals surface area contributed by atoms with Crippen LogP contribution >= 0.6 is 0 Å². The minimum atomic E-state index is -0.186. The Balaban J connectivity index is 2.31. The number of rotatable bonds is 5. The molecule has 3 N–H and O–H groups in total. The van der Waals surface area contributed by atoms with Crippen LogP contribution in [0.5, 0.6) is 0 Å². The lowest BCUT2D eigenvalue weighted by Crippen LogP contribution is -2.17. The van der Waals surface area contributed by atoms with Crippen LogP contribution in [-0.4, -0.2) is 28.7 Å². The van der Waals surface area contributed by atoms with Gasteiger partial charge in [-0.25, -0.2) is 9.97 Å². The molecule has 0 saturated heterocycles. The van der Waals surface area contributed by atoms with E-state index in [9.17, 15) is 5.11 Å². The van der Waals surface area contributed by atoms with Crippen molar-refractivity contribution in [3.05, 3.63) is 47.3 Å². The summed E-state index contributed by atoms with van der Waals surface area (Å²) in [6.45, 7) is 3.80. The van der Waals surface area contributed by atoms with Crippen molar-refractivity contribution in [2.45, 2.75) is 19.9 Å². The van der Waals surface area contributed by atoms with Gasteiger partial charge < -0.3 is 15.7 Å². The molecule has 1 aromatic heterocycles. The highest BCUT2D eigenvalue weighted by Crippen LogP contribution is 2.24. The molecule has 0 aliphatic carbocycles. The Morgan fingerprint density at radius 3 is 2.35 bits per heavy atom. The number of aliphatic hydroxyl groups excluding tert-OH is 1. The summed E-state index contributed by atoms with van der Waals surface area (Å²) in [5, 5.41) is 15.9. The van der Waals surface area contributed by atoms with Crippen molar-refractivity contribution in [1.29, 1.82) is 0 Å². The van der Waals surface area contributed by atoms with Crippen LogP contribution in [0, 0.1) is 13.8 Å². The van der Waals surface area contributed by atoms with Gasteiger partial charge in [-0.3, -0.25) is 0 Å². The van der Waals surface area contributed by atoms with Crippen LogP contribution in [0.2, 0.25) is 0 Å². The SMILES string of the molecule is CNc1nc(C)nc(NC(CO)c2ccccc2)c1C. The number of nitrogens with one attached hydrogen (secondary N) is 2. The summed E-state index contributed by atoms with van der Waals surface area (Å²) >= 11 is 0. The summed E-state index contributed by atoms with van der Waals surface area (Å²) in [5.74, 6) is 2.22. The molecule has 0 fully saturated rings. The molecule has 0 radical (unpaired) electrons. The van der Waals surface area contributed by atoms with Gasteiger partial charge in [0.25, 0.3) is 0 Å². The number of anilines is 2. The van der Waals surface area contributed by atoms with Gasteiger partial charge in [0.15, 0.2) is 0 Å². The molecule has 2 rings (SSSR count). The molecule has 1 heterocycles. The molecule has 0 aliphatic rings. The maximum Gasteiger partial charge on any atom is 0.135 e. The molecule has 106 valence electrons. The van der Waals surface area contributed by atoms with Gasteiger partial charge in [-0.15, -0.1) is 0 Å². The number of aliphatic hydroxyl groups is 1. The summed E-state index contributed by atoms with van der Waals surface area (Å²) in [6.07, 6.45) is 0. The van der Waals surface area contributed by atoms with Gasteiger partial charge >= 0.3 is 0 Å². The predicted octanol–water partition coefficient (Wildman–Crippen LogP) is 2.28. The monoisotopic (exact) mass is 272 g/mol. The van der Waals surface area contributed by atoms with E-state index in [0.717, 1.165) is 22.8 Å².